The maximum atomic E-state index is 12.7. The number of carbonyl (C=O) groups is 2. The molecule has 8 nitrogen and oxygen atoms in total. The van der Waals surface area contributed by atoms with Crippen molar-refractivity contribution >= 4 is 27.5 Å². The number of hydrogen-bond donors (Lipinski definition) is 1. The van der Waals surface area contributed by atoms with Gasteiger partial charge in [0.1, 0.15) is 5.71 Å². The first-order chi connectivity index (χ1) is 11.9. The molecule has 1 aromatic carbocycles. The highest BCUT2D eigenvalue weighted by Gasteiger charge is 2.32. The van der Waals surface area contributed by atoms with Gasteiger partial charge in [-0.25, -0.2) is 13.8 Å². The van der Waals surface area contributed by atoms with E-state index in [1.165, 1.54) is 4.31 Å². The van der Waals surface area contributed by atoms with Crippen LogP contribution < -0.4 is 5.43 Å². The fourth-order valence-corrected chi connectivity index (χ4v) is 4.22. The van der Waals surface area contributed by atoms with Crippen LogP contribution in [0.25, 0.3) is 0 Å². The predicted octanol–water partition coefficient (Wildman–Crippen LogP) is 0.0939. The van der Waals surface area contributed by atoms with Crippen molar-refractivity contribution in [3.8, 4) is 0 Å². The molecule has 1 N–H and O–H groups in total. The van der Waals surface area contributed by atoms with Gasteiger partial charge in [-0.3, -0.25) is 9.59 Å². The van der Waals surface area contributed by atoms with Crippen LogP contribution in [0.2, 0.25) is 0 Å². The van der Waals surface area contributed by atoms with E-state index < -0.39 is 10.0 Å². The van der Waals surface area contributed by atoms with Crippen LogP contribution in [0.3, 0.4) is 0 Å². The third kappa shape index (κ3) is 3.72. The molecule has 0 bridgehead atoms. The van der Waals surface area contributed by atoms with Crippen LogP contribution in [0.4, 0.5) is 0 Å². The molecule has 3 rings (SSSR count). The van der Waals surface area contributed by atoms with Gasteiger partial charge in [0.25, 0.3) is 5.91 Å². The van der Waals surface area contributed by atoms with Gasteiger partial charge in [0.05, 0.1) is 4.90 Å². The normalized spacial score (nSPS) is 19.3. The van der Waals surface area contributed by atoms with Crippen molar-refractivity contribution in [2.45, 2.75) is 24.7 Å². The molecular formula is C16H20N4O4S. The molecule has 0 unspecified atom stereocenters. The molecule has 9 heteroatoms. The summed E-state index contributed by atoms with van der Waals surface area (Å²) in [6, 6.07) is 6.73. The summed E-state index contributed by atoms with van der Waals surface area (Å²) in [5.41, 5.74) is 3.62. The number of rotatable bonds is 3. The van der Waals surface area contributed by atoms with E-state index in [0.717, 1.165) is 5.56 Å². The van der Waals surface area contributed by atoms with Gasteiger partial charge in [-0.05, 0) is 19.1 Å². The number of hydrogen-bond acceptors (Lipinski definition) is 5. The zero-order chi connectivity index (χ0) is 18.0. The van der Waals surface area contributed by atoms with Crippen molar-refractivity contribution in [3.05, 3.63) is 29.8 Å². The van der Waals surface area contributed by atoms with Gasteiger partial charge in [0.15, 0.2) is 0 Å². The Bertz CT molecular complexity index is 809. The van der Waals surface area contributed by atoms with E-state index in [1.807, 2.05) is 6.92 Å². The van der Waals surface area contributed by atoms with Crippen LogP contribution in [0.5, 0.6) is 0 Å². The van der Waals surface area contributed by atoms with E-state index in [0.29, 0.717) is 25.2 Å². The number of carbonyl (C=O) groups excluding carboxylic acids is 2. The quantitative estimate of drug-likeness (QED) is 0.822. The molecule has 1 saturated heterocycles. The Balaban J connectivity index is 1.64. The van der Waals surface area contributed by atoms with Crippen LogP contribution in [0.1, 0.15) is 18.4 Å². The summed E-state index contributed by atoms with van der Waals surface area (Å²) in [5.74, 6) is -0.446. The average molecular weight is 364 g/mol. The lowest BCUT2D eigenvalue weighted by Crippen LogP contribution is -2.52. The van der Waals surface area contributed by atoms with Gasteiger partial charge in [-0.1, -0.05) is 17.7 Å². The molecule has 0 aliphatic carbocycles. The predicted molar refractivity (Wildman–Crippen MR) is 91.3 cm³/mol. The molecule has 0 atom stereocenters. The van der Waals surface area contributed by atoms with Crippen LogP contribution >= 0.6 is 0 Å². The fourth-order valence-electron chi connectivity index (χ4n) is 2.80. The third-order valence-corrected chi connectivity index (χ3v) is 6.25. The lowest BCUT2D eigenvalue weighted by molar-refractivity contribution is -0.125. The summed E-state index contributed by atoms with van der Waals surface area (Å²) >= 11 is 0. The summed E-state index contributed by atoms with van der Waals surface area (Å²) in [7, 11) is -3.55. The number of aryl methyl sites for hydroxylation is 1. The maximum Gasteiger partial charge on any atom is 0.270 e. The minimum atomic E-state index is -3.55. The van der Waals surface area contributed by atoms with Gasteiger partial charge in [0, 0.05) is 39.0 Å². The second-order valence-corrected chi connectivity index (χ2v) is 8.04. The highest BCUT2D eigenvalue weighted by molar-refractivity contribution is 7.89. The van der Waals surface area contributed by atoms with Crippen molar-refractivity contribution < 1.29 is 18.0 Å². The molecule has 25 heavy (non-hydrogen) atoms. The Morgan fingerprint density at radius 2 is 1.72 bits per heavy atom. The van der Waals surface area contributed by atoms with Gasteiger partial charge >= 0.3 is 0 Å². The van der Waals surface area contributed by atoms with Crippen molar-refractivity contribution in [1.29, 1.82) is 0 Å². The number of sulfonamides is 1. The molecule has 0 saturated carbocycles. The molecule has 0 spiro atoms. The number of amides is 2. The number of piperazine rings is 1. The maximum absolute atomic E-state index is 12.7. The van der Waals surface area contributed by atoms with E-state index in [-0.39, 0.29) is 36.2 Å². The number of benzene rings is 1. The largest absolute Gasteiger partial charge is 0.335 e. The Morgan fingerprint density at radius 1 is 1.08 bits per heavy atom. The van der Waals surface area contributed by atoms with Crippen LogP contribution in [-0.4, -0.2) is 61.3 Å². The number of nitrogens with zero attached hydrogens (tertiary/aromatic N) is 3. The average Bonchev–Trinajstić information content (AvgIpc) is 2.62. The molecule has 0 aromatic heterocycles. The van der Waals surface area contributed by atoms with Gasteiger partial charge in [-0.2, -0.15) is 9.41 Å². The van der Waals surface area contributed by atoms with Gasteiger partial charge < -0.3 is 4.90 Å². The van der Waals surface area contributed by atoms with Gasteiger partial charge in [0.2, 0.25) is 15.9 Å². The Kier molecular flexibility index (Phi) is 4.87. The first-order valence-corrected chi connectivity index (χ1v) is 9.53. The van der Waals surface area contributed by atoms with Crippen LogP contribution in [-0.2, 0) is 19.6 Å². The molecule has 2 amide bonds. The lowest BCUT2D eigenvalue weighted by Gasteiger charge is -2.34. The summed E-state index contributed by atoms with van der Waals surface area (Å²) < 4.78 is 26.7. The number of nitrogens with one attached hydrogen (secondary N) is 1. The molecule has 2 aliphatic rings. The second kappa shape index (κ2) is 6.93. The fraction of sp³-hybridized carbons (Fsp3) is 0.438. The molecule has 0 radical (unpaired) electrons. The molecule has 1 fully saturated rings. The van der Waals surface area contributed by atoms with E-state index in [9.17, 15) is 18.0 Å². The Labute approximate surface area is 146 Å². The van der Waals surface area contributed by atoms with Crippen LogP contribution in [0, 0.1) is 6.92 Å². The summed E-state index contributed by atoms with van der Waals surface area (Å²) in [4.78, 5) is 25.3. The monoisotopic (exact) mass is 364 g/mol. The van der Waals surface area contributed by atoms with Crippen molar-refractivity contribution in [2.75, 3.05) is 26.2 Å². The summed E-state index contributed by atoms with van der Waals surface area (Å²) in [6.45, 7) is 2.98. The summed E-state index contributed by atoms with van der Waals surface area (Å²) in [5, 5.41) is 3.80. The van der Waals surface area contributed by atoms with Gasteiger partial charge in [-0.15, -0.1) is 0 Å². The van der Waals surface area contributed by atoms with E-state index in [4.69, 9.17) is 0 Å². The minimum Gasteiger partial charge on any atom is -0.335 e. The first kappa shape index (κ1) is 17.6. The van der Waals surface area contributed by atoms with Crippen molar-refractivity contribution in [1.82, 2.24) is 14.6 Å². The SMILES string of the molecule is Cc1ccc(S(=O)(=O)N2CCN(C(=O)C3=NNC(=O)CC3)CC2)cc1. The molecule has 134 valence electrons. The molecular weight excluding hydrogens is 344 g/mol. The summed E-state index contributed by atoms with van der Waals surface area (Å²) in [6.07, 6.45) is 0.554. The topological polar surface area (TPSA) is 99.2 Å². The van der Waals surface area contributed by atoms with Crippen molar-refractivity contribution in [3.63, 3.8) is 0 Å². The lowest BCUT2D eigenvalue weighted by atomic mass is 10.1. The highest BCUT2D eigenvalue weighted by Crippen LogP contribution is 2.18. The third-order valence-electron chi connectivity index (χ3n) is 4.34. The molecule has 2 aliphatic heterocycles. The molecule has 1 aromatic rings. The van der Waals surface area contributed by atoms with E-state index in [1.54, 1.807) is 29.2 Å². The standard InChI is InChI=1S/C16H20N4O4S/c1-12-2-4-13(5-3-12)25(23,24)20-10-8-19(9-11-20)16(22)14-6-7-15(21)18-17-14/h2-5H,6-11H2,1H3,(H,18,21). The zero-order valence-electron chi connectivity index (χ0n) is 13.9. The number of hydrazone groups is 1. The Hall–Kier alpha value is -2.26. The van der Waals surface area contributed by atoms with Crippen LogP contribution in [0.15, 0.2) is 34.3 Å². The minimum absolute atomic E-state index is 0.203. The van der Waals surface area contributed by atoms with Crippen molar-refractivity contribution in [2.24, 2.45) is 5.10 Å². The first-order valence-electron chi connectivity index (χ1n) is 8.09. The smallest absolute Gasteiger partial charge is 0.270 e. The highest BCUT2D eigenvalue weighted by atomic mass is 32.2. The Morgan fingerprint density at radius 3 is 2.28 bits per heavy atom. The zero-order valence-corrected chi connectivity index (χ0v) is 14.8. The second-order valence-electron chi connectivity index (χ2n) is 6.10. The molecule has 2 heterocycles. The van der Waals surface area contributed by atoms with E-state index in [2.05, 4.69) is 10.5 Å². The van der Waals surface area contributed by atoms with E-state index >= 15 is 0 Å².